The molecule has 0 radical (unpaired) electrons. The number of aromatic amines is 1. The molecule has 1 heteroatoms. The molecule has 1 aromatic heterocycles. The predicted octanol–water partition coefficient (Wildman–Crippen LogP) is 2.62. The number of hydrogen-bond donors (Lipinski definition) is 1. The molecule has 0 fully saturated rings. The predicted molar refractivity (Wildman–Crippen MR) is 51.1 cm³/mol. The minimum atomic E-state index is 1.08. The molecule has 1 aromatic rings. The molecule has 0 bridgehead atoms. The summed E-state index contributed by atoms with van der Waals surface area (Å²) in [7, 11) is 0. The van der Waals surface area contributed by atoms with Crippen molar-refractivity contribution in [3.05, 3.63) is 47.8 Å². The molecule has 62 valence electrons. The molecule has 1 N–H and O–H groups in total. The van der Waals surface area contributed by atoms with Gasteiger partial charge in [-0.3, -0.25) is 0 Å². The van der Waals surface area contributed by atoms with Gasteiger partial charge in [-0.1, -0.05) is 24.3 Å². The molecule has 1 heterocycles. The van der Waals surface area contributed by atoms with Crippen LogP contribution in [0.2, 0.25) is 0 Å². The second kappa shape index (κ2) is 3.02. The highest BCUT2D eigenvalue weighted by Gasteiger charge is 2.12. The van der Waals surface area contributed by atoms with E-state index < -0.39 is 0 Å². The molecule has 0 saturated carbocycles. The molecular formula is C11H13N. The number of H-pyrrole nitrogens is 1. The molecule has 0 atom stereocenters. The molecule has 0 spiro atoms. The van der Waals surface area contributed by atoms with Crippen LogP contribution < -0.4 is 0 Å². The first kappa shape index (κ1) is 7.41. The fourth-order valence-corrected chi connectivity index (χ4v) is 1.75. The summed E-state index contributed by atoms with van der Waals surface area (Å²) in [6, 6.07) is 2.18. The number of aryl methyl sites for hydroxylation is 1. The van der Waals surface area contributed by atoms with Gasteiger partial charge < -0.3 is 4.98 Å². The Hall–Kier alpha value is -1.24. The van der Waals surface area contributed by atoms with Gasteiger partial charge in [0.05, 0.1) is 0 Å². The van der Waals surface area contributed by atoms with Crippen molar-refractivity contribution in [1.29, 1.82) is 0 Å². The number of allylic oxidation sites excluding steroid dienone is 3. The summed E-state index contributed by atoms with van der Waals surface area (Å²) in [5, 5.41) is 0. The van der Waals surface area contributed by atoms with Crippen LogP contribution in [0.3, 0.4) is 0 Å². The van der Waals surface area contributed by atoms with Crippen LogP contribution in [-0.4, -0.2) is 4.98 Å². The van der Waals surface area contributed by atoms with Crippen LogP contribution in [0.1, 0.15) is 17.7 Å². The molecule has 2 rings (SSSR count). The van der Waals surface area contributed by atoms with E-state index in [1.165, 1.54) is 29.7 Å². The lowest BCUT2D eigenvalue weighted by Gasteiger charge is -2.13. The monoisotopic (exact) mass is 159 g/mol. The first-order valence-electron chi connectivity index (χ1n) is 4.36. The topological polar surface area (TPSA) is 15.8 Å². The fraction of sp³-hybridized carbons (Fsp3) is 0.273. The molecule has 1 nitrogen and oxygen atoms in total. The third kappa shape index (κ3) is 1.22. The quantitative estimate of drug-likeness (QED) is 0.648. The summed E-state index contributed by atoms with van der Waals surface area (Å²) in [5.41, 5.74) is 4.35. The minimum Gasteiger partial charge on any atom is -0.364 e. The Morgan fingerprint density at radius 2 is 2.33 bits per heavy atom. The lowest BCUT2D eigenvalue weighted by Crippen LogP contribution is -2.03. The van der Waals surface area contributed by atoms with E-state index in [1.54, 1.807) is 0 Å². The summed E-state index contributed by atoms with van der Waals surface area (Å²) in [6.07, 6.45) is 9.48. The average molecular weight is 159 g/mol. The molecule has 0 unspecified atom stereocenters. The molecule has 0 aliphatic heterocycles. The summed E-state index contributed by atoms with van der Waals surface area (Å²) < 4.78 is 0. The number of fused-ring (bicyclic) bond motifs is 1. The second-order valence-corrected chi connectivity index (χ2v) is 3.22. The van der Waals surface area contributed by atoms with Gasteiger partial charge in [-0.15, -0.1) is 0 Å². The second-order valence-electron chi connectivity index (χ2n) is 3.22. The van der Waals surface area contributed by atoms with Gasteiger partial charge in [-0.25, -0.2) is 0 Å². The van der Waals surface area contributed by atoms with Crippen molar-refractivity contribution < 1.29 is 0 Å². The highest BCUT2D eigenvalue weighted by molar-refractivity contribution is 5.31. The van der Waals surface area contributed by atoms with Gasteiger partial charge in [0.1, 0.15) is 0 Å². The summed E-state index contributed by atoms with van der Waals surface area (Å²) in [4.78, 5) is 3.27. The first-order valence-corrected chi connectivity index (χ1v) is 4.36. The standard InChI is InChI=1S/C11H13N/c1-2-3-9-4-5-10-6-7-12-11(10)8-9/h2-3,6-7,12H,1,4-5,8H2/b9-3-. The van der Waals surface area contributed by atoms with E-state index >= 15 is 0 Å². The molecular weight excluding hydrogens is 146 g/mol. The maximum atomic E-state index is 3.71. The first-order chi connectivity index (χ1) is 5.90. The van der Waals surface area contributed by atoms with E-state index in [1.807, 2.05) is 12.3 Å². The Morgan fingerprint density at radius 3 is 3.17 bits per heavy atom. The van der Waals surface area contributed by atoms with Crippen LogP contribution in [0, 0.1) is 0 Å². The Labute approximate surface area is 72.8 Å². The van der Waals surface area contributed by atoms with E-state index in [2.05, 4.69) is 23.7 Å². The largest absolute Gasteiger partial charge is 0.364 e. The van der Waals surface area contributed by atoms with Crippen LogP contribution in [0.4, 0.5) is 0 Å². The summed E-state index contributed by atoms with van der Waals surface area (Å²) in [6.45, 7) is 3.71. The van der Waals surface area contributed by atoms with Gasteiger partial charge >= 0.3 is 0 Å². The average Bonchev–Trinajstić information content (AvgIpc) is 2.51. The SMILES string of the molecule is C=C/C=C1/CCc2cc[nH]c2C1. The Balaban J connectivity index is 2.25. The van der Waals surface area contributed by atoms with Crippen molar-refractivity contribution in [2.45, 2.75) is 19.3 Å². The minimum absolute atomic E-state index is 1.08. The van der Waals surface area contributed by atoms with Crippen LogP contribution in [0.5, 0.6) is 0 Å². The van der Waals surface area contributed by atoms with Crippen LogP contribution >= 0.6 is 0 Å². The zero-order valence-corrected chi connectivity index (χ0v) is 7.14. The van der Waals surface area contributed by atoms with Crippen molar-refractivity contribution in [3.8, 4) is 0 Å². The van der Waals surface area contributed by atoms with Crippen molar-refractivity contribution in [3.63, 3.8) is 0 Å². The van der Waals surface area contributed by atoms with Gasteiger partial charge in [0.25, 0.3) is 0 Å². The maximum Gasteiger partial charge on any atom is 0.0220 e. The molecule has 1 aliphatic carbocycles. The van der Waals surface area contributed by atoms with Gasteiger partial charge in [0, 0.05) is 18.3 Å². The van der Waals surface area contributed by atoms with E-state index in [4.69, 9.17) is 0 Å². The highest BCUT2D eigenvalue weighted by atomic mass is 14.7. The summed E-state index contributed by atoms with van der Waals surface area (Å²) in [5.74, 6) is 0. The maximum absolute atomic E-state index is 3.71. The summed E-state index contributed by atoms with van der Waals surface area (Å²) >= 11 is 0. The van der Waals surface area contributed by atoms with Gasteiger partial charge in [0.15, 0.2) is 0 Å². The van der Waals surface area contributed by atoms with Crippen molar-refractivity contribution >= 4 is 0 Å². The number of rotatable bonds is 1. The van der Waals surface area contributed by atoms with E-state index in [0.717, 1.165) is 6.42 Å². The Bertz CT molecular complexity index is 318. The lowest BCUT2D eigenvalue weighted by molar-refractivity contribution is 0.825. The fourth-order valence-electron chi connectivity index (χ4n) is 1.75. The molecule has 12 heavy (non-hydrogen) atoms. The smallest absolute Gasteiger partial charge is 0.0220 e. The lowest BCUT2D eigenvalue weighted by atomic mass is 9.93. The number of aromatic nitrogens is 1. The van der Waals surface area contributed by atoms with E-state index in [0.29, 0.717) is 0 Å². The molecule has 0 saturated heterocycles. The molecule has 1 aliphatic rings. The van der Waals surface area contributed by atoms with Crippen molar-refractivity contribution in [2.24, 2.45) is 0 Å². The molecule has 0 aromatic carbocycles. The Morgan fingerprint density at radius 1 is 1.42 bits per heavy atom. The normalized spacial score (nSPS) is 19.2. The number of nitrogens with one attached hydrogen (secondary N) is 1. The molecule has 0 amide bonds. The zero-order valence-electron chi connectivity index (χ0n) is 7.14. The van der Waals surface area contributed by atoms with Crippen LogP contribution in [-0.2, 0) is 12.8 Å². The van der Waals surface area contributed by atoms with Crippen molar-refractivity contribution in [2.75, 3.05) is 0 Å². The third-order valence-electron chi connectivity index (χ3n) is 2.40. The van der Waals surface area contributed by atoms with Gasteiger partial charge in [-0.05, 0) is 24.5 Å². The Kier molecular flexibility index (Phi) is 1.86. The number of hydrogen-bond acceptors (Lipinski definition) is 0. The highest BCUT2D eigenvalue weighted by Crippen LogP contribution is 2.23. The van der Waals surface area contributed by atoms with Gasteiger partial charge in [0.2, 0.25) is 0 Å². The van der Waals surface area contributed by atoms with Gasteiger partial charge in [-0.2, -0.15) is 0 Å². The van der Waals surface area contributed by atoms with E-state index in [9.17, 15) is 0 Å². The third-order valence-corrected chi connectivity index (χ3v) is 2.40. The van der Waals surface area contributed by atoms with E-state index in [-0.39, 0.29) is 0 Å². The zero-order chi connectivity index (χ0) is 8.39. The van der Waals surface area contributed by atoms with Crippen molar-refractivity contribution in [1.82, 2.24) is 4.98 Å². The van der Waals surface area contributed by atoms with Crippen LogP contribution in [0.15, 0.2) is 36.6 Å². The van der Waals surface area contributed by atoms with Crippen LogP contribution in [0.25, 0.3) is 0 Å².